The van der Waals surface area contributed by atoms with Crippen LogP contribution in [0.3, 0.4) is 0 Å². The average Bonchev–Trinajstić information content (AvgIpc) is 2.70. The summed E-state index contributed by atoms with van der Waals surface area (Å²) in [6, 6.07) is 0.340. The lowest BCUT2D eigenvalue weighted by Gasteiger charge is -2.13. The van der Waals surface area contributed by atoms with Crippen molar-refractivity contribution in [3.05, 3.63) is 12.2 Å². The fourth-order valence-corrected chi connectivity index (χ4v) is 1.30. The summed E-state index contributed by atoms with van der Waals surface area (Å²) in [7, 11) is 0. The van der Waals surface area contributed by atoms with Gasteiger partial charge in [-0.3, -0.25) is 0 Å². The number of hydrogen-bond donors (Lipinski definition) is 1. The van der Waals surface area contributed by atoms with Crippen molar-refractivity contribution in [2.45, 2.75) is 39.9 Å². The molecule has 5 heteroatoms. The molecule has 86 valence electrons. The van der Waals surface area contributed by atoms with Crippen LogP contribution in [0.4, 0.5) is 0 Å². The quantitative estimate of drug-likeness (QED) is 0.727. The normalized spacial score (nSPS) is 13.0. The summed E-state index contributed by atoms with van der Waals surface area (Å²) < 4.78 is 7.34. The van der Waals surface area contributed by atoms with Gasteiger partial charge in [0, 0.05) is 19.2 Å². The second-order valence-electron chi connectivity index (χ2n) is 3.47. The lowest BCUT2D eigenvalue weighted by Crippen LogP contribution is -2.31. The van der Waals surface area contributed by atoms with Gasteiger partial charge in [0.2, 0.25) is 0 Å². The molecule has 1 unspecified atom stereocenters. The molecule has 5 nitrogen and oxygen atoms in total. The third-order valence-corrected chi connectivity index (χ3v) is 2.22. The maximum Gasteiger partial charge on any atom is 0.146 e. The van der Waals surface area contributed by atoms with Gasteiger partial charge in [-0.15, -0.1) is 10.2 Å². The van der Waals surface area contributed by atoms with Crippen molar-refractivity contribution in [1.29, 1.82) is 0 Å². The second kappa shape index (κ2) is 6.53. The van der Waals surface area contributed by atoms with E-state index in [1.807, 2.05) is 11.5 Å². The van der Waals surface area contributed by atoms with Crippen LogP contribution < -0.4 is 5.32 Å². The summed E-state index contributed by atoms with van der Waals surface area (Å²) in [5, 5.41) is 11.3. The van der Waals surface area contributed by atoms with Crippen molar-refractivity contribution in [1.82, 2.24) is 20.1 Å². The van der Waals surface area contributed by atoms with E-state index in [9.17, 15) is 0 Å². The first-order chi connectivity index (χ1) is 7.27. The Morgan fingerprint density at radius 1 is 1.53 bits per heavy atom. The maximum atomic E-state index is 5.32. The Morgan fingerprint density at radius 3 is 3.00 bits per heavy atom. The van der Waals surface area contributed by atoms with Gasteiger partial charge in [-0.1, -0.05) is 0 Å². The Labute approximate surface area is 90.8 Å². The Bertz CT molecular complexity index is 274. The van der Waals surface area contributed by atoms with Crippen LogP contribution in [-0.4, -0.2) is 34.0 Å². The third kappa shape index (κ3) is 3.97. The Kier molecular flexibility index (Phi) is 5.28. The van der Waals surface area contributed by atoms with Crippen LogP contribution in [0.25, 0.3) is 0 Å². The van der Waals surface area contributed by atoms with Gasteiger partial charge in [0.25, 0.3) is 0 Å². The van der Waals surface area contributed by atoms with Gasteiger partial charge < -0.3 is 14.6 Å². The SMILES string of the molecule is CCOCC(C)NCc1nncn1CC. The van der Waals surface area contributed by atoms with Crippen molar-refractivity contribution in [2.75, 3.05) is 13.2 Å². The molecule has 1 atom stereocenters. The molecule has 0 spiro atoms. The molecule has 0 bridgehead atoms. The number of nitrogens with zero attached hydrogens (tertiary/aromatic N) is 3. The summed E-state index contributed by atoms with van der Waals surface area (Å²) in [6.45, 7) is 9.32. The molecule has 1 N–H and O–H groups in total. The van der Waals surface area contributed by atoms with Crippen LogP contribution in [0.15, 0.2) is 6.33 Å². The molecule has 15 heavy (non-hydrogen) atoms. The zero-order valence-corrected chi connectivity index (χ0v) is 9.73. The zero-order valence-electron chi connectivity index (χ0n) is 9.73. The Balaban J connectivity index is 2.30. The molecule has 0 saturated heterocycles. The molecule has 1 aromatic rings. The Morgan fingerprint density at radius 2 is 2.33 bits per heavy atom. The average molecular weight is 212 g/mol. The maximum absolute atomic E-state index is 5.32. The van der Waals surface area contributed by atoms with Crippen LogP contribution in [0, 0.1) is 0 Å². The molecule has 1 aromatic heterocycles. The smallest absolute Gasteiger partial charge is 0.146 e. The summed E-state index contributed by atoms with van der Waals surface area (Å²) in [5.74, 6) is 0.973. The summed E-state index contributed by atoms with van der Waals surface area (Å²) in [6.07, 6.45) is 1.75. The highest BCUT2D eigenvalue weighted by Gasteiger charge is 2.05. The van der Waals surface area contributed by atoms with E-state index in [1.54, 1.807) is 6.33 Å². The fourth-order valence-electron chi connectivity index (χ4n) is 1.30. The first-order valence-corrected chi connectivity index (χ1v) is 5.45. The molecule has 1 heterocycles. The summed E-state index contributed by atoms with van der Waals surface area (Å²) >= 11 is 0. The first-order valence-electron chi connectivity index (χ1n) is 5.45. The number of ether oxygens (including phenoxy) is 1. The van der Waals surface area contributed by atoms with Gasteiger partial charge >= 0.3 is 0 Å². The molecule has 0 aliphatic rings. The molecule has 0 aliphatic heterocycles. The van der Waals surface area contributed by atoms with Crippen LogP contribution in [-0.2, 0) is 17.8 Å². The number of rotatable bonds is 7. The summed E-state index contributed by atoms with van der Waals surface area (Å²) in [4.78, 5) is 0. The molecule has 0 fully saturated rings. The van der Waals surface area contributed by atoms with E-state index in [0.29, 0.717) is 6.04 Å². The predicted molar refractivity (Wildman–Crippen MR) is 58.5 cm³/mol. The van der Waals surface area contributed by atoms with Crippen molar-refractivity contribution in [2.24, 2.45) is 0 Å². The highest BCUT2D eigenvalue weighted by Crippen LogP contribution is 1.95. The lowest BCUT2D eigenvalue weighted by atomic mass is 10.3. The minimum Gasteiger partial charge on any atom is -0.380 e. The van der Waals surface area contributed by atoms with Gasteiger partial charge in [-0.25, -0.2) is 0 Å². The predicted octanol–water partition coefficient (Wildman–Crippen LogP) is 0.813. The molecule has 0 radical (unpaired) electrons. The van der Waals surface area contributed by atoms with Crippen molar-refractivity contribution in [3.63, 3.8) is 0 Å². The highest BCUT2D eigenvalue weighted by molar-refractivity contribution is 4.85. The standard InChI is InChI=1S/C10H20N4O/c1-4-14-8-12-13-10(14)6-11-9(3)7-15-5-2/h8-9,11H,4-7H2,1-3H3. The van der Waals surface area contributed by atoms with Crippen LogP contribution in [0.5, 0.6) is 0 Å². The van der Waals surface area contributed by atoms with Crippen LogP contribution >= 0.6 is 0 Å². The zero-order chi connectivity index (χ0) is 11.1. The van der Waals surface area contributed by atoms with Gasteiger partial charge in [-0.2, -0.15) is 0 Å². The van der Waals surface area contributed by atoms with Crippen molar-refractivity contribution in [3.8, 4) is 0 Å². The van der Waals surface area contributed by atoms with E-state index in [0.717, 1.165) is 32.1 Å². The van der Waals surface area contributed by atoms with E-state index < -0.39 is 0 Å². The van der Waals surface area contributed by atoms with E-state index in [-0.39, 0.29) is 0 Å². The third-order valence-electron chi connectivity index (χ3n) is 2.22. The molecule has 1 rings (SSSR count). The molecule has 0 aromatic carbocycles. The van der Waals surface area contributed by atoms with Gasteiger partial charge in [0.1, 0.15) is 12.2 Å². The Hall–Kier alpha value is -0.940. The largest absolute Gasteiger partial charge is 0.380 e. The van der Waals surface area contributed by atoms with Crippen molar-refractivity contribution < 1.29 is 4.74 Å². The van der Waals surface area contributed by atoms with Crippen molar-refractivity contribution >= 4 is 0 Å². The lowest BCUT2D eigenvalue weighted by molar-refractivity contribution is 0.126. The van der Waals surface area contributed by atoms with E-state index in [2.05, 4.69) is 29.4 Å². The number of aromatic nitrogens is 3. The first kappa shape index (κ1) is 12.1. The van der Waals surface area contributed by atoms with Gasteiger partial charge in [0.05, 0.1) is 13.2 Å². The van der Waals surface area contributed by atoms with Crippen LogP contribution in [0.2, 0.25) is 0 Å². The van der Waals surface area contributed by atoms with Gasteiger partial charge in [-0.05, 0) is 20.8 Å². The molecule has 0 aliphatic carbocycles. The highest BCUT2D eigenvalue weighted by atomic mass is 16.5. The molecular weight excluding hydrogens is 192 g/mol. The molecule has 0 amide bonds. The van der Waals surface area contributed by atoms with E-state index >= 15 is 0 Å². The van der Waals surface area contributed by atoms with Crippen LogP contribution in [0.1, 0.15) is 26.6 Å². The monoisotopic (exact) mass is 212 g/mol. The molecular formula is C10H20N4O. The number of nitrogens with one attached hydrogen (secondary N) is 1. The molecule has 0 saturated carbocycles. The second-order valence-corrected chi connectivity index (χ2v) is 3.47. The van der Waals surface area contributed by atoms with Gasteiger partial charge in [0.15, 0.2) is 0 Å². The topological polar surface area (TPSA) is 52.0 Å². The minimum absolute atomic E-state index is 0.340. The minimum atomic E-state index is 0.340. The number of aryl methyl sites for hydroxylation is 1. The number of hydrogen-bond acceptors (Lipinski definition) is 4. The van der Waals surface area contributed by atoms with E-state index in [4.69, 9.17) is 4.74 Å². The summed E-state index contributed by atoms with van der Waals surface area (Å²) in [5.41, 5.74) is 0. The fraction of sp³-hybridized carbons (Fsp3) is 0.800. The van der Waals surface area contributed by atoms with E-state index in [1.165, 1.54) is 0 Å².